The van der Waals surface area contributed by atoms with Crippen molar-refractivity contribution >= 4 is 12.1 Å². The van der Waals surface area contributed by atoms with Crippen molar-refractivity contribution in [3.63, 3.8) is 0 Å². The number of carbonyl (C=O) groups excluding carboxylic acids is 1. The van der Waals surface area contributed by atoms with Crippen LogP contribution in [0.25, 0.3) is 11.3 Å². The fraction of sp³-hybridized carbons (Fsp3) is 0.115. The first-order valence-corrected chi connectivity index (χ1v) is 10.6. The Morgan fingerprint density at radius 2 is 1.76 bits per heavy atom. The number of hydrazone groups is 1. The highest BCUT2D eigenvalue weighted by molar-refractivity contribution is 5.94. The van der Waals surface area contributed by atoms with Crippen LogP contribution in [0.4, 0.5) is 0 Å². The second kappa shape index (κ2) is 10.8. The van der Waals surface area contributed by atoms with Gasteiger partial charge in [0.05, 0.1) is 18.5 Å². The lowest BCUT2D eigenvalue weighted by Crippen LogP contribution is -2.18. The van der Waals surface area contributed by atoms with Crippen LogP contribution in [0, 0.1) is 0 Å². The van der Waals surface area contributed by atoms with Crippen LogP contribution in [0.5, 0.6) is 11.5 Å². The Kier molecular flexibility index (Phi) is 7.12. The average Bonchev–Trinajstić information content (AvgIpc) is 3.35. The van der Waals surface area contributed by atoms with E-state index in [-0.39, 0.29) is 5.91 Å². The summed E-state index contributed by atoms with van der Waals surface area (Å²) in [6.45, 7) is 2.97. The van der Waals surface area contributed by atoms with Gasteiger partial charge in [0.2, 0.25) is 0 Å². The number of benzene rings is 3. The molecule has 0 spiro atoms. The van der Waals surface area contributed by atoms with E-state index in [0.717, 1.165) is 22.4 Å². The Bertz CT molecular complexity index is 1220. The van der Waals surface area contributed by atoms with Crippen molar-refractivity contribution in [3.05, 3.63) is 102 Å². The summed E-state index contributed by atoms with van der Waals surface area (Å²) in [5.74, 6) is 1.08. The maximum Gasteiger partial charge on any atom is 0.289 e. The van der Waals surface area contributed by atoms with Gasteiger partial charge in [-0.1, -0.05) is 42.5 Å². The number of para-hydroxylation sites is 1. The first-order valence-electron chi connectivity index (χ1n) is 10.6. The number of rotatable bonds is 9. The van der Waals surface area contributed by atoms with E-state index < -0.39 is 0 Å². The SMILES string of the molecule is CCOc1ccccc1/C=N/NC(=O)c1cc(-c2ccc(OCc3ccccc3)cc2)n[nH]1. The van der Waals surface area contributed by atoms with E-state index in [1.165, 1.54) is 0 Å². The molecule has 4 rings (SSSR count). The molecule has 0 fully saturated rings. The summed E-state index contributed by atoms with van der Waals surface area (Å²) in [4.78, 5) is 12.4. The van der Waals surface area contributed by atoms with Gasteiger partial charge in [-0.3, -0.25) is 9.89 Å². The molecule has 1 heterocycles. The number of H-pyrrole nitrogens is 1. The molecule has 0 bridgehead atoms. The minimum atomic E-state index is -0.387. The fourth-order valence-corrected chi connectivity index (χ4v) is 3.14. The molecule has 166 valence electrons. The zero-order valence-electron chi connectivity index (χ0n) is 18.2. The van der Waals surface area contributed by atoms with E-state index in [2.05, 4.69) is 20.7 Å². The molecule has 0 saturated carbocycles. The van der Waals surface area contributed by atoms with Gasteiger partial charge in [-0.05, 0) is 55.0 Å². The van der Waals surface area contributed by atoms with Crippen molar-refractivity contribution in [3.8, 4) is 22.8 Å². The third-order valence-corrected chi connectivity index (χ3v) is 4.81. The molecule has 0 aliphatic heterocycles. The molecular formula is C26H24N4O3. The molecule has 0 atom stereocenters. The van der Waals surface area contributed by atoms with Gasteiger partial charge in [0.1, 0.15) is 23.8 Å². The van der Waals surface area contributed by atoms with Crippen LogP contribution in [0.1, 0.15) is 28.5 Å². The third kappa shape index (κ3) is 5.86. The number of ether oxygens (including phenoxy) is 2. The van der Waals surface area contributed by atoms with Gasteiger partial charge in [0, 0.05) is 11.1 Å². The Labute approximate surface area is 192 Å². The van der Waals surface area contributed by atoms with Crippen molar-refractivity contribution in [2.24, 2.45) is 5.10 Å². The molecule has 3 aromatic carbocycles. The van der Waals surface area contributed by atoms with E-state index in [4.69, 9.17) is 9.47 Å². The van der Waals surface area contributed by atoms with Crippen molar-refractivity contribution < 1.29 is 14.3 Å². The van der Waals surface area contributed by atoms with Crippen LogP contribution in [0.2, 0.25) is 0 Å². The van der Waals surface area contributed by atoms with E-state index in [1.54, 1.807) is 12.3 Å². The van der Waals surface area contributed by atoms with Crippen molar-refractivity contribution in [1.82, 2.24) is 15.6 Å². The summed E-state index contributed by atoms with van der Waals surface area (Å²) >= 11 is 0. The number of aromatic amines is 1. The van der Waals surface area contributed by atoms with Gasteiger partial charge >= 0.3 is 0 Å². The lowest BCUT2D eigenvalue weighted by Gasteiger charge is -2.06. The van der Waals surface area contributed by atoms with Crippen LogP contribution in [-0.4, -0.2) is 28.9 Å². The highest BCUT2D eigenvalue weighted by Gasteiger charge is 2.11. The maximum absolute atomic E-state index is 12.4. The number of hydrogen-bond donors (Lipinski definition) is 2. The summed E-state index contributed by atoms with van der Waals surface area (Å²) in [5, 5.41) is 11.0. The molecule has 7 heteroatoms. The van der Waals surface area contributed by atoms with Crippen LogP contribution >= 0.6 is 0 Å². The predicted molar refractivity (Wildman–Crippen MR) is 127 cm³/mol. The zero-order chi connectivity index (χ0) is 22.9. The second-order valence-electron chi connectivity index (χ2n) is 7.14. The number of amides is 1. The van der Waals surface area contributed by atoms with Crippen LogP contribution in [-0.2, 0) is 6.61 Å². The maximum atomic E-state index is 12.4. The molecule has 0 saturated heterocycles. The van der Waals surface area contributed by atoms with Gasteiger partial charge in [-0.15, -0.1) is 0 Å². The van der Waals surface area contributed by atoms with Crippen molar-refractivity contribution in [1.29, 1.82) is 0 Å². The molecular weight excluding hydrogens is 416 g/mol. The molecule has 1 aromatic heterocycles. The molecule has 7 nitrogen and oxygen atoms in total. The first-order chi connectivity index (χ1) is 16.2. The summed E-state index contributed by atoms with van der Waals surface area (Å²) in [6, 6.07) is 26.7. The average molecular weight is 441 g/mol. The lowest BCUT2D eigenvalue weighted by atomic mass is 10.1. The number of carbonyl (C=O) groups is 1. The van der Waals surface area contributed by atoms with Gasteiger partial charge in [0.25, 0.3) is 5.91 Å². The smallest absolute Gasteiger partial charge is 0.289 e. The Morgan fingerprint density at radius 3 is 2.55 bits per heavy atom. The molecule has 0 aliphatic carbocycles. The quantitative estimate of drug-likeness (QED) is 0.289. The molecule has 0 unspecified atom stereocenters. The number of nitrogens with one attached hydrogen (secondary N) is 2. The Balaban J connectivity index is 1.35. The fourth-order valence-electron chi connectivity index (χ4n) is 3.14. The van der Waals surface area contributed by atoms with E-state index in [9.17, 15) is 4.79 Å². The monoisotopic (exact) mass is 440 g/mol. The van der Waals surface area contributed by atoms with Crippen LogP contribution in [0.15, 0.2) is 90.0 Å². The molecule has 2 N–H and O–H groups in total. The predicted octanol–water partition coefficient (Wildman–Crippen LogP) is 4.82. The summed E-state index contributed by atoms with van der Waals surface area (Å²) in [7, 11) is 0. The topological polar surface area (TPSA) is 88.6 Å². The molecule has 0 aliphatic rings. The minimum absolute atomic E-state index is 0.310. The largest absolute Gasteiger partial charge is 0.493 e. The number of hydrogen-bond acceptors (Lipinski definition) is 5. The third-order valence-electron chi connectivity index (χ3n) is 4.81. The van der Waals surface area contributed by atoms with Gasteiger partial charge in [0.15, 0.2) is 0 Å². The summed E-state index contributed by atoms with van der Waals surface area (Å²) < 4.78 is 11.4. The van der Waals surface area contributed by atoms with Crippen LogP contribution < -0.4 is 14.9 Å². The van der Waals surface area contributed by atoms with Crippen LogP contribution in [0.3, 0.4) is 0 Å². The lowest BCUT2D eigenvalue weighted by molar-refractivity contribution is 0.0950. The van der Waals surface area contributed by atoms with E-state index in [1.807, 2.05) is 85.8 Å². The number of aromatic nitrogens is 2. The highest BCUT2D eigenvalue weighted by atomic mass is 16.5. The normalized spacial score (nSPS) is 10.8. The molecule has 1 amide bonds. The van der Waals surface area contributed by atoms with E-state index >= 15 is 0 Å². The van der Waals surface area contributed by atoms with E-state index in [0.29, 0.717) is 30.4 Å². The molecule has 0 radical (unpaired) electrons. The van der Waals surface area contributed by atoms with Gasteiger partial charge in [-0.25, -0.2) is 5.43 Å². The summed E-state index contributed by atoms with van der Waals surface area (Å²) in [5.41, 5.74) is 6.22. The Morgan fingerprint density at radius 1 is 1.00 bits per heavy atom. The first kappa shape index (κ1) is 21.8. The molecule has 4 aromatic rings. The van der Waals surface area contributed by atoms with Crippen molar-refractivity contribution in [2.45, 2.75) is 13.5 Å². The van der Waals surface area contributed by atoms with Crippen molar-refractivity contribution in [2.75, 3.05) is 6.61 Å². The standard InChI is InChI=1S/C26H24N4O3/c1-2-32-25-11-7-6-10-21(25)17-27-30-26(31)24-16-23(28-29-24)20-12-14-22(15-13-20)33-18-19-8-4-3-5-9-19/h3-17H,2,18H2,1H3,(H,28,29)(H,30,31)/b27-17+. The minimum Gasteiger partial charge on any atom is -0.493 e. The zero-order valence-corrected chi connectivity index (χ0v) is 18.2. The van der Waals surface area contributed by atoms with Gasteiger partial charge < -0.3 is 9.47 Å². The summed E-state index contributed by atoms with van der Waals surface area (Å²) in [6.07, 6.45) is 1.55. The highest BCUT2D eigenvalue weighted by Crippen LogP contribution is 2.22. The van der Waals surface area contributed by atoms with Gasteiger partial charge in [-0.2, -0.15) is 10.2 Å². The Hall–Kier alpha value is -4.39. The molecule has 33 heavy (non-hydrogen) atoms. The second-order valence-corrected chi connectivity index (χ2v) is 7.14. The number of nitrogens with zero attached hydrogens (tertiary/aromatic N) is 2.